The Bertz CT molecular complexity index is 1140. The van der Waals surface area contributed by atoms with Gasteiger partial charge in [-0.25, -0.2) is 10.2 Å². The smallest absolute Gasteiger partial charge is 0.343 e. The Morgan fingerprint density at radius 1 is 0.848 bits per heavy atom. The third-order valence-corrected chi connectivity index (χ3v) is 4.73. The number of carbonyl (C=O) groups excluding carboxylic acids is 2. The summed E-state index contributed by atoms with van der Waals surface area (Å²) >= 11 is 5.81. The molecule has 170 valence electrons. The van der Waals surface area contributed by atoms with E-state index in [0.717, 1.165) is 0 Å². The fourth-order valence-electron chi connectivity index (χ4n) is 2.82. The molecule has 0 aliphatic carbocycles. The fraction of sp³-hybridized carbons (Fsp3) is 0.125. The summed E-state index contributed by atoms with van der Waals surface area (Å²) in [5.74, 6) is 0.441. The summed E-state index contributed by atoms with van der Waals surface area (Å²) in [6, 6.07) is 16.1. The highest BCUT2D eigenvalue weighted by Crippen LogP contribution is 2.38. The Kier molecular flexibility index (Phi) is 7.88. The molecule has 1 N–H and O–H groups in total. The fourth-order valence-corrected chi connectivity index (χ4v) is 2.94. The number of ether oxygens (including phenoxy) is 4. The predicted octanol–water partition coefficient (Wildman–Crippen LogP) is 4.35. The maximum Gasteiger partial charge on any atom is 0.343 e. The number of carbonyl (C=O) groups is 2. The van der Waals surface area contributed by atoms with E-state index in [1.54, 1.807) is 48.5 Å². The number of methoxy groups -OCH3 is 3. The molecule has 3 aromatic rings. The van der Waals surface area contributed by atoms with Crippen molar-refractivity contribution >= 4 is 29.7 Å². The van der Waals surface area contributed by atoms with E-state index >= 15 is 0 Å². The average Bonchev–Trinajstić information content (AvgIpc) is 2.84. The van der Waals surface area contributed by atoms with Crippen molar-refractivity contribution in [1.82, 2.24) is 5.43 Å². The van der Waals surface area contributed by atoms with Crippen LogP contribution in [-0.4, -0.2) is 39.4 Å². The molecule has 0 heterocycles. The van der Waals surface area contributed by atoms with Crippen molar-refractivity contribution in [2.24, 2.45) is 5.10 Å². The molecule has 0 saturated carbocycles. The molecular formula is C24H21ClN2O6. The van der Waals surface area contributed by atoms with Gasteiger partial charge in [0.15, 0.2) is 11.5 Å². The van der Waals surface area contributed by atoms with Crippen molar-refractivity contribution in [3.8, 4) is 23.0 Å². The van der Waals surface area contributed by atoms with Gasteiger partial charge in [0.2, 0.25) is 5.75 Å². The SMILES string of the molecule is COc1cc(C(=O)Oc2ccc(/C=N/NC(=O)c3ccc(Cl)cc3)cc2)cc(OC)c1OC. The van der Waals surface area contributed by atoms with Crippen LogP contribution in [0.4, 0.5) is 0 Å². The number of hydrogen-bond acceptors (Lipinski definition) is 7. The van der Waals surface area contributed by atoms with Crippen LogP contribution in [0.15, 0.2) is 65.8 Å². The van der Waals surface area contributed by atoms with Gasteiger partial charge in [-0.3, -0.25) is 4.79 Å². The normalized spacial score (nSPS) is 10.5. The molecule has 1 amide bonds. The van der Waals surface area contributed by atoms with Crippen molar-refractivity contribution in [3.05, 3.63) is 82.4 Å². The molecule has 0 aliphatic heterocycles. The molecule has 3 aromatic carbocycles. The molecule has 33 heavy (non-hydrogen) atoms. The molecule has 0 bridgehead atoms. The monoisotopic (exact) mass is 468 g/mol. The molecular weight excluding hydrogens is 448 g/mol. The molecule has 9 heteroatoms. The van der Waals surface area contributed by atoms with Crippen LogP contribution in [0.5, 0.6) is 23.0 Å². The second-order valence-electron chi connectivity index (χ2n) is 6.58. The number of hydrogen-bond donors (Lipinski definition) is 1. The number of hydrazone groups is 1. The van der Waals surface area contributed by atoms with Gasteiger partial charge in [-0.15, -0.1) is 0 Å². The second-order valence-corrected chi connectivity index (χ2v) is 7.02. The van der Waals surface area contributed by atoms with Crippen molar-refractivity contribution < 1.29 is 28.5 Å². The van der Waals surface area contributed by atoms with Gasteiger partial charge in [0, 0.05) is 10.6 Å². The first-order chi connectivity index (χ1) is 15.9. The number of benzene rings is 3. The lowest BCUT2D eigenvalue weighted by Gasteiger charge is -2.13. The maximum absolute atomic E-state index is 12.6. The average molecular weight is 469 g/mol. The van der Waals surface area contributed by atoms with Crippen LogP contribution in [0, 0.1) is 0 Å². The molecule has 0 aliphatic rings. The third-order valence-electron chi connectivity index (χ3n) is 4.48. The highest BCUT2D eigenvalue weighted by molar-refractivity contribution is 6.30. The number of amides is 1. The minimum absolute atomic E-state index is 0.236. The van der Waals surface area contributed by atoms with E-state index < -0.39 is 5.97 Å². The van der Waals surface area contributed by atoms with E-state index in [1.807, 2.05) is 0 Å². The van der Waals surface area contributed by atoms with Crippen molar-refractivity contribution in [3.63, 3.8) is 0 Å². The topological polar surface area (TPSA) is 95.5 Å². The lowest BCUT2D eigenvalue weighted by molar-refractivity contribution is 0.0733. The van der Waals surface area contributed by atoms with Gasteiger partial charge < -0.3 is 18.9 Å². The predicted molar refractivity (Wildman–Crippen MR) is 124 cm³/mol. The van der Waals surface area contributed by atoms with Gasteiger partial charge in [-0.2, -0.15) is 5.10 Å². The highest BCUT2D eigenvalue weighted by Gasteiger charge is 2.18. The van der Waals surface area contributed by atoms with Crippen LogP contribution < -0.4 is 24.4 Å². The van der Waals surface area contributed by atoms with E-state index in [9.17, 15) is 9.59 Å². The van der Waals surface area contributed by atoms with Crippen LogP contribution >= 0.6 is 11.6 Å². The van der Waals surface area contributed by atoms with Crippen LogP contribution in [-0.2, 0) is 0 Å². The Labute approximate surface area is 195 Å². The lowest BCUT2D eigenvalue weighted by atomic mass is 10.2. The minimum atomic E-state index is -0.592. The van der Waals surface area contributed by atoms with Crippen LogP contribution in [0.1, 0.15) is 26.3 Å². The largest absolute Gasteiger partial charge is 0.493 e. The van der Waals surface area contributed by atoms with E-state index in [0.29, 0.717) is 39.1 Å². The Hall–Kier alpha value is -4.04. The molecule has 8 nitrogen and oxygen atoms in total. The van der Waals surface area contributed by atoms with Gasteiger partial charge in [-0.05, 0) is 66.2 Å². The van der Waals surface area contributed by atoms with Gasteiger partial charge in [0.1, 0.15) is 5.75 Å². The Balaban J connectivity index is 1.63. The minimum Gasteiger partial charge on any atom is -0.493 e. The molecule has 0 saturated heterocycles. The summed E-state index contributed by atoms with van der Waals surface area (Å²) in [6.45, 7) is 0. The van der Waals surface area contributed by atoms with E-state index in [1.165, 1.54) is 39.7 Å². The van der Waals surface area contributed by atoms with E-state index in [4.69, 9.17) is 30.5 Å². The molecule has 0 unspecified atom stereocenters. The van der Waals surface area contributed by atoms with Gasteiger partial charge in [0.25, 0.3) is 5.91 Å². The molecule has 0 radical (unpaired) electrons. The Morgan fingerprint density at radius 3 is 2.00 bits per heavy atom. The quantitative estimate of drug-likeness (QED) is 0.228. The van der Waals surface area contributed by atoms with Crippen molar-refractivity contribution in [2.45, 2.75) is 0 Å². The third kappa shape index (κ3) is 6.02. The zero-order chi connectivity index (χ0) is 23.8. The summed E-state index contributed by atoms with van der Waals surface area (Å²) in [7, 11) is 4.40. The lowest BCUT2D eigenvalue weighted by Crippen LogP contribution is -2.17. The zero-order valence-corrected chi connectivity index (χ0v) is 18.9. The number of nitrogens with one attached hydrogen (secondary N) is 1. The number of halogens is 1. The maximum atomic E-state index is 12.6. The molecule has 0 fully saturated rings. The Morgan fingerprint density at radius 2 is 1.45 bits per heavy atom. The van der Waals surface area contributed by atoms with Crippen LogP contribution in [0.2, 0.25) is 5.02 Å². The zero-order valence-electron chi connectivity index (χ0n) is 18.1. The first-order valence-electron chi connectivity index (χ1n) is 9.66. The second kappa shape index (κ2) is 11.0. The van der Waals surface area contributed by atoms with Gasteiger partial charge >= 0.3 is 5.97 Å². The molecule has 0 atom stereocenters. The molecule has 0 aromatic heterocycles. The van der Waals surface area contributed by atoms with E-state index in [-0.39, 0.29) is 11.5 Å². The first kappa shape index (κ1) is 23.6. The number of esters is 1. The standard InChI is InChI=1S/C24H21ClN2O6/c1-30-20-12-17(13-21(31-2)22(20)32-3)24(29)33-19-10-4-15(5-11-19)14-26-27-23(28)16-6-8-18(25)9-7-16/h4-14H,1-3H3,(H,27,28)/b26-14+. The summed E-state index contributed by atoms with van der Waals surface area (Å²) < 4.78 is 21.2. The van der Waals surface area contributed by atoms with Gasteiger partial charge in [-0.1, -0.05) is 11.6 Å². The summed E-state index contributed by atoms with van der Waals surface area (Å²) in [5, 5.41) is 4.47. The van der Waals surface area contributed by atoms with Crippen LogP contribution in [0.3, 0.4) is 0 Å². The summed E-state index contributed by atoms with van der Waals surface area (Å²) in [5.41, 5.74) is 3.80. The summed E-state index contributed by atoms with van der Waals surface area (Å²) in [6.07, 6.45) is 1.47. The summed E-state index contributed by atoms with van der Waals surface area (Å²) in [4.78, 5) is 24.6. The first-order valence-corrected chi connectivity index (χ1v) is 10.0. The highest BCUT2D eigenvalue weighted by atomic mass is 35.5. The van der Waals surface area contributed by atoms with Crippen molar-refractivity contribution in [1.29, 1.82) is 0 Å². The number of nitrogens with zero attached hydrogens (tertiary/aromatic N) is 1. The van der Waals surface area contributed by atoms with E-state index in [2.05, 4.69) is 10.5 Å². The van der Waals surface area contributed by atoms with Gasteiger partial charge in [0.05, 0.1) is 33.1 Å². The number of rotatable bonds is 8. The molecule has 3 rings (SSSR count). The van der Waals surface area contributed by atoms with Crippen molar-refractivity contribution in [2.75, 3.05) is 21.3 Å². The van der Waals surface area contributed by atoms with Crippen LogP contribution in [0.25, 0.3) is 0 Å². The molecule has 0 spiro atoms.